The molecule has 0 heterocycles. The lowest BCUT2D eigenvalue weighted by atomic mass is 9.90. The van der Waals surface area contributed by atoms with Crippen LogP contribution in [-0.4, -0.2) is 23.9 Å². The molecule has 0 aromatic carbocycles. The minimum Gasteiger partial charge on any atom is -0.390 e. The first-order valence-electron chi connectivity index (χ1n) is 5.21. The number of ether oxygens (including phenoxy) is 1. The molecule has 13 heavy (non-hydrogen) atoms. The fourth-order valence-corrected chi connectivity index (χ4v) is 1.72. The van der Waals surface area contributed by atoms with Gasteiger partial charge in [-0.15, -0.1) is 0 Å². The molecule has 2 unspecified atom stereocenters. The molecule has 1 aliphatic rings. The van der Waals surface area contributed by atoms with Crippen LogP contribution in [0.25, 0.3) is 0 Å². The van der Waals surface area contributed by atoms with E-state index in [1.165, 1.54) is 5.57 Å². The molecular weight excluding hydrogens is 164 g/mol. The van der Waals surface area contributed by atoms with E-state index in [9.17, 15) is 5.11 Å². The quantitative estimate of drug-likeness (QED) is 0.682. The molecule has 76 valence electrons. The zero-order chi connectivity index (χ0) is 9.68. The van der Waals surface area contributed by atoms with Crippen LogP contribution < -0.4 is 0 Å². The highest BCUT2D eigenvalue weighted by molar-refractivity contribution is 5.07. The van der Waals surface area contributed by atoms with Crippen molar-refractivity contribution in [2.24, 2.45) is 0 Å². The maximum absolute atomic E-state index is 9.66. The molecule has 0 saturated heterocycles. The van der Waals surface area contributed by atoms with E-state index in [2.05, 4.69) is 19.9 Å². The van der Waals surface area contributed by atoms with Gasteiger partial charge in [-0.25, -0.2) is 0 Å². The van der Waals surface area contributed by atoms with E-state index in [1.54, 1.807) is 0 Å². The molecule has 0 amide bonds. The van der Waals surface area contributed by atoms with Crippen LogP contribution in [0.1, 0.15) is 39.5 Å². The number of hydrogen-bond donors (Lipinski definition) is 1. The van der Waals surface area contributed by atoms with Crippen molar-refractivity contribution in [1.29, 1.82) is 0 Å². The summed E-state index contributed by atoms with van der Waals surface area (Å²) in [4.78, 5) is 0. The molecule has 0 bridgehead atoms. The van der Waals surface area contributed by atoms with Crippen molar-refractivity contribution in [2.45, 2.75) is 51.7 Å². The van der Waals surface area contributed by atoms with E-state index in [4.69, 9.17) is 4.74 Å². The lowest BCUT2D eigenvalue weighted by Gasteiger charge is -2.29. The third kappa shape index (κ3) is 3.12. The fraction of sp³-hybridized carbons (Fsp3) is 0.818. The highest BCUT2D eigenvalue weighted by atomic mass is 16.5. The maximum Gasteiger partial charge on any atom is 0.0870 e. The molecule has 1 fully saturated rings. The molecule has 1 rings (SSSR count). The number of aliphatic hydroxyl groups is 1. The Kier molecular flexibility index (Phi) is 4.46. The summed E-state index contributed by atoms with van der Waals surface area (Å²) in [5.41, 5.74) is 1.42. The van der Waals surface area contributed by atoms with Crippen LogP contribution in [0.15, 0.2) is 11.6 Å². The highest BCUT2D eigenvalue weighted by Gasteiger charge is 2.25. The van der Waals surface area contributed by atoms with Gasteiger partial charge in [-0.05, 0) is 32.6 Å². The lowest BCUT2D eigenvalue weighted by molar-refractivity contribution is -0.0481. The number of aliphatic hydroxyl groups excluding tert-OH is 1. The number of hydrogen-bond acceptors (Lipinski definition) is 2. The summed E-state index contributed by atoms with van der Waals surface area (Å²) in [5, 5.41) is 9.66. The van der Waals surface area contributed by atoms with Crippen molar-refractivity contribution in [1.82, 2.24) is 0 Å². The predicted molar refractivity (Wildman–Crippen MR) is 53.6 cm³/mol. The SMILES string of the molecule is CC=C1CCC(O)C(OCCC)C1. The van der Waals surface area contributed by atoms with Gasteiger partial charge in [0.05, 0.1) is 12.2 Å². The Balaban J connectivity index is 2.40. The summed E-state index contributed by atoms with van der Waals surface area (Å²) in [5.74, 6) is 0. The van der Waals surface area contributed by atoms with Crippen LogP contribution in [0.5, 0.6) is 0 Å². The molecule has 1 aliphatic carbocycles. The van der Waals surface area contributed by atoms with Crippen LogP contribution in [-0.2, 0) is 4.74 Å². The number of allylic oxidation sites excluding steroid dienone is 1. The lowest BCUT2D eigenvalue weighted by Crippen LogP contribution is -2.33. The topological polar surface area (TPSA) is 29.5 Å². The molecule has 0 spiro atoms. The standard InChI is InChI=1S/C11H20O2/c1-3-7-13-11-8-9(4-2)5-6-10(11)12/h4,10-12H,3,5-8H2,1-2H3. The Morgan fingerprint density at radius 2 is 2.38 bits per heavy atom. The van der Waals surface area contributed by atoms with Gasteiger partial charge in [-0.3, -0.25) is 0 Å². The first-order valence-corrected chi connectivity index (χ1v) is 5.21. The van der Waals surface area contributed by atoms with Gasteiger partial charge in [0.1, 0.15) is 0 Å². The Bertz CT molecular complexity index is 175. The number of rotatable bonds is 3. The molecular formula is C11H20O2. The van der Waals surface area contributed by atoms with Gasteiger partial charge in [0.2, 0.25) is 0 Å². The van der Waals surface area contributed by atoms with E-state index in [0.717, 1.165) is 32.3 Å². The first-order chi connectivity index (χ1) is 6.27. The van der Waals surface area contributed by atoms with Gasteiger partial charge in [-0.1, -0.05) is 18.6 Å². The molecule has 0 aromatic rings. The van der Waals surface area contributed by atoms with Crippen LogP contribution in [0, 0.1) is 0 Å². The monoisotopic (exact) mass is 184 g/mol. The Morgan fingerprint density at radius 1 is 1.62 bits per heavy atom. The normalized spacial score (nSPS) is 32.4. The summed E-state index contributed by atoms with van der Waals surface area (Å²) in [7, 11) is 0. The molecule has 0 aliphatic heterocycles. The minimum absolute atomic E-state index is 0.0416. The zero-order valence-corrected chi connectivity index (χ0v) is 8.62. The smallest absolute Gasteiger partial charge is 0.0870 e. The molecule has 1 saturated carbocycles. The van der Waals surface area contributed by atoms with Crippen LogP contribution in [0.4, 0.5) is 0 Å². The van der Waals surface area contributed by atoms with Gasteiger partial charge < -0.3 is 9.84 Å². The average molecular weight is 184 g/mol. The van der Waals surface area contributed by atoms with Crippen molar-refractivity contribution in [3.8, 4) is 0 Å². The van der Waals surface area contributed by atoms with Gasteiger partial charge >= 0.3 is 0 Å². The van der Waals surface area contributed by atoms with E-state index in [1.807, 2.05) is 0 Å². The molecule has 2 atom stereocenters. The Hall–Kier alpha value is -0.340. The molecule has 2 nitrogen and oxygen atoms in total. The third-order valence-electron chi connectivity index (χ3n) is 2.60. The van der Waals surface area contributed by atoms with Gasteiger partial charge in [0, 0.05) is 6.61 Å². The van der Waals surface area contributed by atoms with Gasteiger partial charge in [-0.2, -0.15) is 0 Å². The summed E-state index contributed by atoms with van der Waals surface area (Å²) < 4.78 is 5.59. The van der Waals surface area contributed by atoms with E-state index in [-0.39, 0.29) is 12.2 Å². The summed E-state index contributed by atoms with van der Waals surface area (Å²) >= 11 is 0. The zero-order valence-electron chi connectivity index (χ0n) is 8.62. The van der Waals surface area contributed by atoms with E-state index in [0.29, 0.717) is 0 Å². The molecule has 0 aromatic heterocycles. The minimum atomic E-state index is -0.254. The third-order valence-corrected chi connectivity index (χ3v) is 2.60. The highest BCUT2D eigenvalue weighted by Crippen LogP contribution is 2.25. The largest absolute Gasteiger partial charge is 0.390 e. The van der Waals surface area contributed by atoms with Crippen LogP contribution in [0.2, 0.25) is 0 Å². The molecule has 0 radical (unpaired) electrons. The van der Waals surface area contributed by atoms with E-state index < -0.39 is 0 Å². The van der Waals surface area contributed by atoms with Gasteiger partial charge in [0.15, 0.2) is 0 Å². The van der Waals surface area contributed by atoms with Gasteiger partial charge in [0.25, 0.3) is 0 Å². The maximum atomic E-state index is 9.66. The Morgan fingerprint density at radius 3 is 3.00 bits per heavy atom. The first kappa shape index (κ1) is 10.7. The summed E-state index contributed by atoms with van der Waals surface area (Å²) in [6, 6.07) is 0. The predicted octanol–water partition coefficient (Wildman–Crippen LogP) is 2.27. The average Bonchev–Trinajstić information content (AvgIpc) is 2.17. The summed E-state index contributed by atoms with van der Waals surface area (Å²) in [6.45, 7) is 4.91. The van der Waals surface area contributed by atoms with Crippen molar-refractivity contribution < 1.29 is 9.84 Å². The van der Waals surface area contributed by atoms with Crippen LogP contribution in [0.3, 0.4) is 0 Å². The fourth-order valence-electron chi connectivity index (χ4n) is 1.72. The van der Waals surface area contributed by atoms with Crippen molar-refractivity contribution in [3.63, 3.8) is 0 Å². The molecule has 2 heteroatoms. The van der Waals surface area contributed by atoms with Crippen molar-refractivity contribution >= 4 is 0 Å². The second-order valence-corrected chi connectivity index (χ2v) is 3.67. The Labute approximate surface area is 80.6 Å². The van der Waals surface area contributed by atoms with Crippen LogP contribution >= 0.6 is 0 Å². The van der Waals surface area contributed by atoms with Crippen molar-refractivity contribution in [2.75, 3.05) is 6.61 Å². The van der Waals surface area contributed by atoms with Crippen molar-refractivity contribution in [3.05, 3.63) is 11.6 Å². The second kappa shape index (κ2) is 5.40. The summed E-state index contributed by atoms with van der Waals surface area (Å²) in [6.07, 6.45) is 5.76. The second-order valence-electron chi connectivity index (χ2n) is 3.67. The van der Waals surface area contributed by atoms with E-state index >= 15 is 0 Å². The molecule has 1 N–H and O–H groups in total.